The fraction of sp³-hybridized carbons (Fsp3) is 0.364. The Kier molecular flexibility index (Phi) is 4.39. The number of pyridine rings is 2. The van der Waals surface area contributed by atoms with Crippen LogP contribution in [0.5, 0.6) is 0 Å². The van der Waals surface area contributed by atoms with E-state index in [1.54, 1.807) is 0 Å². The van der Waals surface area contributed by atoms with E-state index in [4.69, 9.17) is 4.98 Å². The quantitative estimate of drug-likeness (QED) is 0.727. The van der Waals surface area contributed by atoms with Crippen LogP contribution < -0.4 is 5.32 Å². The molecule has 4 heterocycles. The molecule has 0 spiro atoms. The van der Waals surface area contributed by atoms with E-state index in [0.717, 1.165) is 22.9 Å². The Balaban J connectivity index is 1.50. The van der Waals surface area contributed by atoms with E-state index in [-0.39, 0.29) is 5.92 Å². The van der Waals surface area contributed by atoms with Gasteiger partial charge in [0.15, 0.2) is 0 Å². The van der Waals surface area contributed by atoms with Crippen LogP contribution >= 0.6 is 0 Å². The average Bonchev–Trinajstić information content (AvgIpc) is 3.38. The van der Waals surface area contributed by atoms with Crippen molar-refractivity contribution < 1.29 is 0 Å². The molecule has 3 aromatic heterocycles. The minimum absolute atomic E-state index is 0.118. The van der Waals surface area contributed by atoms with Gasteiger partial charge in [0.2, 0.25) is 0 Å². The number of nitrogens with one attached hydrogen (secondary N) is 1. The van der Waals surface area contributed by atoms with Crippen LogP contribution in [0, 0.1) is 6.92 Å². The second-order valence-corrected chi connectivity index (χ2v) is 7.73. The van der Waals surface area contributed by atoms with Crippen LogP contribution in [0.15, 0.2) is 46.9 Å². The van der Waals surface area contributed by atoms with Gasteiger partial charge in [-0.2, -0.15) is 10.2 Å². The summed E-state index contributed by atoms with van der Waals surface area (Å²) in [4.78, 5) is 9.49. The van der Waals surface area contributed by atoms with Gasteiger partial charge in [0.25, 0.3) is 0 Å². The van der Waals surface area contributed by atoms with E-state index < -0.39 is 0 Å². The predicted octanol–water partition coefficient (Wildman–Crippen LogP) is 4.60. The molecule has 3 aromatic rings. The number of nitrogens with zero attached hydrogens (tertiary/aromatic N) is 5. The van der Waals surface area contributed by atoms with E-state index in [1.165, 1.54) is 43.2 Å². The van der Waals surface area contributed by atoms with Crippen molar-refractivity contribution in [2.24, 2.45) is 10.2 Å². The molecule has 0 radical (unpaired) electrons. The Morgan fingerprint density at radius 1 is 1.07 bits per heavy atom. The van der Waals surface area contributed by atoms with Crippen LogP contribution in [0.3, 0.4) is 0 Å². The summed E-state index contributed by atoms with van der Waals surface area (Å²) < 4.78 is 2.12. The SMILES string of the molecule is Cc1cc2ncc(-c3cccc(NC4CCCCC4)n3)n2cc1C1C=NN=C1. The Morgan fingerprint density at radius 2 is 1.89 bits per heavy atom. The highest BCUT2D eigenvalue weighted by atomic mass is 15.2. The monoisotopic (exact) mass is 372 g/mol. The average molecular weight is 372 g/mol. The molecule has 1 aliphatic carbocycles. The molecule has 2 aliphatic rings. The summed E-state index contributed by atoms with van der Waals surface area (Å²) in [7, 11) is 0. The van der Waals surface area contributed by atoms with Crippen LogP contribution in [0.1, 0.15) is 49.1 Å². The van der Waals surface area contributed by atoms with Crippen molar-refractivity contribution in [2.45, 2.75) is 51.0 Å². The van der Waals surface area contributed by atoms with Crippen molar-refractivity contribution in [3.63, 3.8) is 0 Å². The van der Waals surface area contributed by atoms with E-state index in [0.29, 0.717) is 6.04 Å². The maximum absolute atomic E-state index is 4.88. The molecule has 1 saturated carbocycles. The lowest BCUT2D eigenvalue weighted by molar-refractivity contribution is 0.462. The topological polar surface area (TPSA) is 66.9 Å². The summed E-state index contributed by atoms with van der Waals surface area (Å²) in [6.45, 7) is 2.11. The number of aromatic nitrogens is 3. The number of imidazole rings is 1. The van der Waals surface area contributed by atoms with Crippen molar-refractivity contribution in [1.82, 2.24) is 14.4 Å². The van der Waals surface area contributed by atoms with Gasteiger partial charge in [0.05, 0.1) is 23.5 Å². The third kappa shape index (κ3) is 3.19. The van der Waals surface area contributed by atoms with Crippen molar-refractivity contribution in [3.05, 3.63) is 47.8 Å². The first-order valence-electron chi connectivity index (χ1n) is 10.1. The van der Waals surface area contributed by atoms with Crippen LogP contribution in [0.2, 0.25) is 0 Å². The number of aryl methyl sites for hydroxylation is 1. The van der Waals surface area contributed by atoms with Gasteiger partial charge in [0, 0.05) is 24.7 Å². The lowest BCUT2D eigenvalue weighted by Gasteiger charge is -2.23. The number of rotatable bonds is 4. The molecule has 142 valence electrons. The molecule has 0 aromatic carbocycles. The highest BCUT2D eigenvalue weighted by Gasteiger charge is 2.17. The van der Waals surface area contributed by atoms with Crippen LogP contribution in [-0.2, 0) is 0 Å². The van der Waals surface area contributed by atoms with Crippen molar-refractivity contribution in [2.75, 3.05) is 5.32 Å². The Hall–Kier alpha value is -3.02. The molecule has 0 atom stereocenters. The first-order valence-corrected chi connectivity index (χ1v) is 10.1. The molecular weight excluding hydrogens is 348 g/mol. The smallest absolute Gasteiger partial charge is 0.137 e. The predicted molar refractivity (Wildman–Crippen MR) is 113 cm³/mol. The van der Waals surface area contributed by atoms with E-state index in [2.05, 4.69) is 56.2 Å². The van der Waals surface area contributed by atoms with Gasteiger partial charge in [-0.05, 0) is 49.1 Å². The largest absolute Gasteiger partial charge is 0.367 e. The molecule has 1 fully saturated rings. The van der Waals surface area contributed by atoms with Gasteiger partial charge >= 0.3 is 0 Å². The Labute approximate surface area is 164 Å². The second kappa shape index (κ2) is 7.19. The van der Waals surface area contributed by atoms with Gasteiger partial charge in [0.1, 0.15) is 11.5 Å². The molecule has 6 heteroatoms. The minimum Gasteiger partial charge on any atom is -0.367 e. The molecule has 0 unspecified atom stereocenters. The molecule has 28 heavy (non-hydrogen) atoms. The summed E-state index contributed by atoms with van der Waals surface area (Å²) >= 11 is 0. The standard InChI is InChI=1S/C22H24N6/c1-15-10-22-23-13-20(28(22)14-18(15)16-11-24-25-12-16)19-8-5-9-21(27-19)26-17-6-3-2-4-7-17/h5,8-14,16-17H,2-4,6-7H2,1H3,(H,26,27). The summed E-state index contributed by atoms with van der Waals surface area (Å²) in [6.07, 6.45) is 14.2. The first-order chi connectivity index (χ1) is 13.8. The fourth-order valence-electron chi connectivity index (χ4n) is 4.21. The highest BCUT2D eigenvalue weighted by molar-refractivity contribution is 5.93. The lowest BCUT2D eigenvalue weighted by Crippen LogP contribution is -2.22. The van der Waals surface area contributed by atoms with Gasteiger partial charge in [-0.3, -0.25) is 4.40 Å². The Bertz CT molecular complexity index is 1050. The van der Waals surface area contributed by atoms with Gasteiger partial charge in [-0.25, -0.2) is 9.97 Å². The maximum Gasteiger partial charge on any atom is 0.137 e. The van der Waals surface area contributed by atoms with Gasteiger partial charge < -0.3 is 5.32 Å². The second-order valence-electron chi connectivity index (χ2n) is 7.73. The summed E-state index contributed by atoms with van der Waals surface area (Å²) in [5.41, 5.74) is 5.23. The molecule has 0 bridgehead atoms. The molecule has 1 aliphatic heterocycles. The molecule has 6 nitrogen and oxygen atoms in total. The van der Waals surface area contributed by atoms with Crippen molar-refractivity contribution >= 4 is 23.9 Å². The van der Waals surface area contributed by atoms with E-state index in [9.17, 15) is 0 Å². The summed E-state index contributed by atoms with van der Waals surface area (Å²) in [6, 6.07) is 8.82. The zero-order valence-electron chi connectivity index (χ0n) is 16.0. The number of fused-ring (bicyclic) bond motifs is 1. The van der Waals surface area contributed by atoms with Crippen molar-refractivity contribution in [3.8, 4) is 11.4 Å². The number of hydrogen-bond acceptors (Lipinski definition) is 5. The normalized spacial score (nSPS) is 17.6. The number of anilines is 1. The summed E-state index contributed by atoms with van der Waals surface area (Å²) in [5.74, 6) is 1.06. The Morgan fingerprint density at radius 3 is 2.71 bits per heavy atom. The fourth-order valence-corrected chi connectivity index (χ4v) is 4.21. The molecule has 0 amide bonds. The molecule has 0 saturated heterocycles. The summed E-state index contributed by atoms with van der Waals surface area (Å²) in [5, 5.41) is 11.6. The van der Waals surface area contributed by atoms with Crippen LogP contribution in [-0.4, -0.2) is 32.8 Å². The van der Waals surface area contributed by atoms with Crippen molar-refractivity contribution in [1.29, 1.82) is 0 Å². The third-order valence-electron chi connectivity index (χ3n) is 5.74. The lowest BCUT2D eigenvalue weighted by atomic mass is 9.95. The van der Waals surface area contributed by atoms with Gasteiger partial charge in [-0.15, -0.1) is 0 Å². The van der Waals surface area contributed by atoms with Gasteiger partial charge in [-0.1, -0.05) is 25.3 Å². The van der Waals surface area contributed by atoms with E-state index in [1.807, 2.05) is 24.7 Å². The molecular formula is C22H24N6. The molecule has 5 rings (SSSR count). The molecule has 1 N–H and O–H groups in total. The van der Waals surface area contributed by atoms with E-state index >= 15 is 0 Å². The first kappa shape index (κ1) is 17.1. The van der Waals surface area contributed by atoms with Crippen LogP contribution in [0.4, 0.5) is 5.82 Å². The zero-order chi connectivity index (χ0) is 18.9. The minimum atomic E-state index is 0.118. The zero-order valence-corrected chi connectivity index (χ0v) is 16.0. The third-order valence-corrected chi connectivity index (χ3v) is 5.74. The highest BCUT2D eigenvalue weighted by Crippen LogP contribution is 2.27. The maximum atomic E-state index is 4.88. The van der Waals surface area contributed by atoms with Crippen LogP contribution in [0.25, 0.3) is 17.0 Å². The number of hydrogen-bond donors (Lipinski definition) is 1.